The molecule has 8 heteroatoms. The minimum absolute atomic E-state index is 0.291. The van der Waals surface area contributed by atoms with Crippen molar-refractivity contribution in [2.24, 2.45) is 0 Å². The minimum atomic E-state index is -0.291. The van der Waals surface area contributed by atoms with Crippen molar-refractivity contribution in [3.05, 3.63) is 71.7 Å². The summed E-state index contributed by atoms with van der Waals surface area (Å²) in [5.74, 6) is 1.25. The van der Waals surface area contributed by atoms with Crippen LogP contribution in [-0.2, 0) is 4.74 Å². The molecule has 0 aliphatic carbocycles. The highest BCUT2D eigenvalue weighted by Gasteiger charge is 2.19. The summed E-state index contributed by atoms with van der Waals surface area (Å²) in [5, 5.41) is 3.39. The lowest BCUT2D eigenvalue weighted by Crippen LogP contribution is -2.14. The average molecular weight is 459 g/mol. The molecule has 7 nitrogen and oxygen atoms in total. The molecule has 0 spiro atoms. The van der Waals surface area contributed by atoms with Crippen LogP contribution in [0.1, 0.15) is 34.5 Å². The van der Waals surface area contributed by atoms with E-state index < -0.39 is 0 Å². The summed E-state index contributed by atoms with van der Waals surface area (Å²) >= 11 is 1.38. The number of allylic oxidation sites excluding steroid dienone is 1. The quantitative estimate of drug-likeness (QED) is 0.427. The Balaban J connectivity index is 1.46. The number of hydrogen-bond donors (Lipinski definition) is 1. The van der Waals surface area contributed by atoms with Gasteiger partial charge in [0.2, 0.25) is 0 Å². The van der Waals surface area contributed by atoms with Crippen molar-refractivity contribution in [3.8, 4) is 16.9 Å². The normalized spacial score (nSPS) is 13.3. The van der Waals surface area contributed by atoms with Crippen molar-refractivity contribution in [2.45, 2.75) is 19.8 Å². The van der Waals surface area contributed by atoms with Crippen LogP contribution in [0.4, 0.5) is 5.13 Å². The minimum Gasteiger partial charge on any atom is -0.496 e. The molecule has 0 radical (unpaired) electrons. The second-order valence-electron chi connectivity index (χ2n) is 7.65. The molecule has 0 saturated heterocycles. The first kappa shape index (κ1) is 21.1. The van der Waals surface area contributed by atoms with E-state index in [1.54, 1.807) is 19.5 Å². The zero-order valence-corrected chi connectivity index (χ0v) is 19.1. The van der Waals surface area contributed by atoms with E-state index in [0.717, 1.165) is 45.7 Å². The number of methoxy groups -OCH3 is 1. The SMILES string of the molecule is COc1ccccc1-c1cc(C)ncc1C(=O)Nc1nc2ncc(C3=CCCCO3)cc2s1. The number of thiazole rings is 1. The van der Waals surface area contributed by atoms with E-state index in [-0.39, 0.29) is 5.91 Å². The van der Waals surface area contributed by atoms with Gasteiger partial charge >= 0.3 is 0 Å². The zero-order valence-electron chi connectivity index (χ0n) is 18.3. The topological polar surface area (TPSA) is 86.2 Å². The van der Waals surface area contributed by atoms with Gasteiger partial charge in [0.05, 0.1) is 24.0 Å². The van der Waals surface area contributed by atoms with E-state index >= 15 is 0 Å². The third-order valence-corrected chi connectivity index (χ3v) is 6.28. The number of para-hydroxylation sites is 1. The Morgan fingerprint density at radius 1 is 1.15 bits per heavy atom. The first-order chi connectivity index (χ1) is 16.1. The summed E-state index contributed by atoms with van der Waals surface area (Å²) in [6.45, 7) is 2.61. The fraction of sp³-hybridized carbons (Fsp3) is 0.200. The standard InChI is InChI=1S/C25H22N4O3S/c1-15-11-18(17-7-3-4-9-21(17)31-2)19(14-26-15)24(30)29-25-28-23-22(33-25)12-16(13-27-23)20-8-5-6-10-32-20/h3-4,7-9,11-14H,5-6,10H2,1-2H3,(H,27,28,29,30). The Morgan fingerprint density at radius 3 is 2.85 bits per heavy atom. The number of benzene rings is 1. The average Bonchev–Trinajstić information content (AvgIpc) is 3.25. The first-order valence-electron chi connectivity index (χ1n) is 10.6. The number of fused-ring (bicyclic) bond motifs is 1. The van der Waals surface area contributed by atoms with Crippen LogP contribution in [0.2, 0.25) is 0 Å². The summed E-state index contributed by atoms with van der Waals surface area (Å²) < 4.78 is 12.1. The molecule has 1 aromatic carbocycles. The second-order valence-corrected chi connectivity index (χ2v) is 8.68. The molecule has 0 bridgehead atoms. The van der Waals surface area contributed by atoms with E-state index in [1.807, 2.05) is 43.3 Å². The molecule has 0 fully saturated rings. The van der Waals surface area contributed by atoms with Crippen molar-refractivity contribution < 1.29 is 14.3 Å². The van der Waals surface area contributed by atoms with E-state index in [4.69, 9.17) is 9.47 Å². The van der Waals surface area contributed by atoms with E-state index in [9.17, 15) is 4.79 Å². The predicted octanol–water partition coefficient (Wildman–Crippen LogP) is 5.47. The number of carbonyl (C=O) groups excluding carboxylic acids is 1. The number of nitrogens with one attached hydrogen (secondary N) is 1. The second kappa shape index (κ2) is 8.99. The molecule has 0 unspecified atom stereocenters. The number of aromatic nitrogens is 3. The van der Waals surface area contributed by atoms with Crippen LogP contribution in [0, 0.1) is 6.92 Å². The molecule has 0 saturated carbocycles. The van der Waals surface area contributed by atoms with E-state index in [1.165, 1.54) is 11.3 Å². The van der Waals surface area contributed by atoms with Crippen molar-refractivity contribution in [1.82, 2.24) is 15.0 Å². The zero-order chi connectivity index (χ0) is 22.8. The number of rotatable bonds is 5. The van der Waals surface area contributed by atoms with Crippen LogP contribution in [0.25, 0.3) is 27.2 Å². The van der Waals surface area contributed by atoms with Gasteiger partial charge in [0.15, 0.2) is 10.8 Å². The summed E-state index contributed by atoms with van der Waals surface area (Å²) in [6, 6.07) is 11.5. The van der Waals surface area contributed by atoms with Crippen molar-refractivity contribution in [2.75, 3.05) is 19.0 Å². The third-order valence-electron chi connectivity index (χ3n) is 5.37. The molecule has 5 rings (SSSR count). The first-order valence-corrected chi connectivity index (χ1v) is 11.5. The molecule has 0 atom stereocenters. The summed E-state index contributed by atoms with van der Waals surface area (Å²) in [4.78, 5) is 26.5. The molecule has 1 aliphatic rings. The smallest absolute Gasteiger partial charge is 0.259 e. The van der Waals surface area contributed by atoms with Gasteiger partial charge in [-0.3, -0.25) is 15.1 Å². The van der Waals surface area contributed by atoms with E-state index in [2.05, 4.69) is 26.3 Å². The molecule has 4 aromatic rings. The van der Waals surface area contributed by atoms with Crippen LogP contribution >= 0.6 is 11.3 Å². The van der Waals surface area contributed by atoms with Gasteiger partial charge in [0.1, 0.15) is 11.5 Å². The fourth-order valence-electron chi connectivity index (χ4n) is 3.76. The van der Waals surface area contributed by atoms with Gasteiger partial charge in [-0.05, 0) is 44.0 Å². The van der Waals surface area contributed by atoms with Gasteiger partial charge in [0, 0.05) is 34.8 Å². The lowest BCUT2D eigenvalue weighted by atomic mass is 9.99. The van der Waals surface area contributed by atoms with Crippen LogP contribution in [0.5, 0.6) is 5.75 Å². The molecule has 166 valence electrons. The predicted molar refractivity (Wildman–Crippen MR) is 129 cm³/mol. The Kier molecular flexibility index (Phi) is 5.75. The maximum atomic E-state index is 13.2. The largest absolute Gasteiger partial charge is 0.496 e. The van der Waals surface area contributed by atoms with Crippen LogP contribution < -0.4 is 10.1 Å². The van der Waals surface area contributed by atoms with Gasteiger partial charge in [-0.15, -0.1) is 0 Å². The van der Waals surface area contributed by atoms with Crippen molar-refractivity contribution in [1.29, 1.82) is 0 Å². The molecule has 33 heavy (non-hydrogen) atoms. The summed E-state index contributed by atoms with van der Waals surface area (Å²) in [5.41, 5.74) is 4.34. The third kappa shape index (κ3) is 4.29. The van der Waals surface area contributed by atoms with Crippen LogP contribution in [0.15, 0.2) is 54.9 Å². The molecule has 4 heterocycles. The molecule has 1 N–H and O–H groups in total. The van der Waals surface area contributed by atoms with E-state index in [0.29, 0.717) is 28.7 Å². The molecular weight excluding hydrogens is 436 g/mol. The Bertz CT molecular complexity index is 1380. The van der Waals surface area contributed by atoms with Gasteiger partial charge < -0.3 is 9.47 Å². The molecule has 1 amide bonds. The number of ether oxygens (including phenoxy) is 2. The lowest BCUT2D eigenvalue weighted by molar-refractivity contribution is 0.102. The number of amides is 1. The number of pyridine rings is 2. The highest BCUT2D eigenvalue weighted by molar-refractivity contribution is 7.22. The Morgan fingerprint density at radius 2 is 2.03 bits per heavy atom. The monoisotopic (exact) mass is 458 g/mol. The maximum absolute atomic E-state index is 13.2. The van der Waals surface area contributed by atoms with Gasteiger partial charge in [0.25, 0.3) is 5.91 Å². The van der Waals surface area contributed by atoms with Crippen LogP contribution in [-0.4, -0.2) is 34.6 Å². The summed E-state index contributed by atoms with van der Waals surface area (Å²) in [6.07, 6.45) is 7.45. The molecular formula is C25H22N4O3S. The highest BCUT2D eigenvalue weighted by Crippen LogP contribution is 2.34. The number of anilines is 1. The Hall–Kier alpha value is -3.78. The van der Waals surface area contributed by atoms with Gasteiger partial charge in [-0.25, -0.2) is 4.98 Å². The lowest BCUT2D eigenvalue weighted by Gasteiger charge is -2.14. The highest BCUT2D eigenvalue weighted by atomic mass is 32.1. The number of carbonyl (C=O) groups is 1. The van der Waals surface area contributed by atoms with Crippen molar-refractivity contribution >= 4 is 38.5 Å². The van der Waals surface area contributed by atoms with Crippen LogP contribution in [0.3, 0.4) is 0 Å². The van der Waals surface area contributed by atoms with Gasteiger partial charge in [-0.1, -0.05) is 29.5 Å². The Labute approximate surface area is 195 Å². The summed E-state index contributed by atoms with van der Waals surface area (Å²) in [7, 11) is 1.61. The number of nitrogens with zero attached hydrogens (tertiary/aromatic N) is 3. The number of hydrogen-bond acceptors (Lipinski definition) is 7. The fourth-order valence-corrected chi connectivity index (χ4v) is 4.62. The van der Waals surface area contributed by atoms with Gasteiger partial charge in [-0.2, -0.15) is 4.98 Å². The maximum Gasteiger partial charge on any atom is 0.259 e. The molecule has 3 aromatic heterocycles. The number of aryl methyl sites for hydroxylation is 1. The molecule has 1 aliphatic heterocycles. The van der Waals surface area contributed by atoms with Crippen molar-refractivity contribution in [3.63, 3.8) is 0 Å².